The van der Waals surface area contributed by atoms with Gasteiger partial charge in [-0.3, -0.25) is 4.98 Å². The smallest absolute Gasteiger partial charge is 0.282 e. The maximum atomic E-state index is 12.9. The lowest BCUT2D eigenvalue weighted by Crippen LogP contribution is -2.43. The Kier molecular flexibility index (Phi) is 6.08. The molecular formula is C19H27N5O2S. The lowest BCUT2D eigenvalue weighted by atomic mass is 10.1. The van der Waals surface area contributed by atoms with Crippen LogP contribution >= 0.6 is 0 Å². The number of nitrogens with one attached hydrogen (secondary N) is 1. The van der Waals surface area contributed by atoms with E-state index in [0.29, 0.717) is 19.6 Å². The minimum Gasteiger partial charge on any atom is -0.339 e. The summed E-state index contributed by atoms with van der Waals surface area (Å²) in [6.07, 6.45) is 3.37. The van der Waals surface area contributed by atoms with Crippen LogP contribution in [0.2, 0.25) is 0 Å². The van der Waals surface area contributed by atoms with Crippen LogP contribution in [0.3, 0.4) is 0 Å². The molecule has 3 rings (SSSR count). The quantitative estimate of drug-likeness (QED) is 0.786. The van der Waals surface area contributed by atoms with Crippen molar-refractivity contribution in [2.24, 2.45) is 0 Å². The van der Waals surface area contributed by atoms with Crippen molar-refractivity contribution < 1.29 is 8.42 Å². The van der Waals surface area contributed by atoms with Crippen molar-refractivity contribution in [1.29, 1.82) is 0 Å². The molecule has 0 aromatic carbocycles. The fourth-order valence-corrected chi connectivity index (χ4v) is 5.29. The van der Waals surface area contributed by atoms with Crippen LogP contribution in [0.4, 0.5) is 11.5 Å². The van der Waals surface area contributed by atoms with E-state index in [0.717, 1.165) is 35.7 Å². The molecule has 2 aromatic rings. The lowest BCUT2D eigenvalue weighted by Gasteiger charge is -2.29. The molecule has 27 heavy (non-hydrogen) atoms. The fourth-order valence-electron chi connectivity index (χ4n) is 3.45. The summed E-state index contributed by atoms with van der Waals surface area (Å²) < 4.78 is 28.9. The third-order valence-corrected chi connectivity index (χ3v) is 7.02. The zero-order chi connectivity index (χ0) is 19.4. The van der Waals surface area contributed by atoms with Crippen molar-refractivity contribution in [1.82, 2.24) is 18.6 Å². The lowest BCUT2D eigenvalue weighted by molar-refractivity contribution is 0.335. The molecule has 1 fully saturated rings. The third-order valence-electron chi connectivity index (χ3n) is 4.82. The zero-order valence-corrected chi connectivity index (χ0v) is 16.9. The van der Waals surface area contributed by atoms with Crippen molar-refractivity contribution in [3.05, 3.63) is 47.9 Å². The SMILES string of the molecule is CCN(CC)S(=O)(=O)N1CCCC1c1ccc(Nc2cccc(C)n2)cn1. The van der Waals surface area contributed by atoms with Crippen LogP contribution in [0.25, 0.3) is 0 Å². The van der Waals surface area contributed by atoms with Crippen LogP contribution in [-0.2, 0) is 10.2 Å². The van der Waals surface area contributed by atoms with E-state index in [9.17, 15) is 8.42 Å². The number of aromatic nitrogens is 2. The van der Waals surface area contributed by atoms with E-state index in [1.165, 1.54) is 4.31 Å². The van der Waals surface area contributed by atoms with Crippen molar-refractivity contribution in [3.8, 4) is 0 Å². The Balaban J connectivity index is 1.78. The molecule has 1 saturated heterocycles. The molecule has 1 N–H and O–H groups in total. The normalized spacial score (nSPS) is 18.1. The number of hydrogen-bond donors (Lipinski definition) is 1. The summed E-state index contributed by atoms with van der Waals surface area (Å²) >= 11 is 0. The van der Waals surface area contributed by atoms with Crippen LogP contribution < -0.4 is 5.32 Å². The second-order valence-electron chi connectivity index (χ2n) is 6.62. The minimum atomic E-state index is -3.46. The highest BCUT2D eigenvalue weighted by Gasteiger charge is 2.38. The summed E-state index contributed by atoms with van der Waals surface area (Å²) in [5.41, 5.74) is 2.55. The Morgan fingerprint density at radius 3 is 2.63 bits per heavy atom. The average Bonchev–Trinajstić information content (AvgIpc) is 3.14. The second kappa shape index (κ2) is 8.33. The third kappa shape index (κ3) is 4.28. The van der Waals surface area contributed by atoms with Gasteiger partial charge in [-0.15, -0.1) is 0 Å². The number of pyridine rings is 2. The van der Waals surface area contributed by atoms with Gasteiger partial charge in [-0.25, -0.2) is 4.98 Å². The first-order chi connectivity index (χ1) is 13.0. The molecule has 8 heteroatoms. The van der Waals surface area contributed by atoms with Crippen molar-refractivity contribution in [2.45, 2.75) is 39.7 Å². The molecule has 0 radical (unpaired) electrons. The number of nitrogens with zero attached hydrogens (tertiary/aromatic N) is 4. The van der Waals surface area contributed by atoms with Crippen molar-refractivity contribution >= 4 is 21.7 Å². The maximum Gasteiger partial charge on any atom is 0.282 e. The van der Waals surface area contributed by atoms with E-state index in [1.54, 1.807) is 10.5 Å². The molecule has 146 valence electrons. The average molecular weight is 390 g/mol. The number of anilines is 2. The van der Waals surface area contributed by atoms with Gasteiger partial charge in [-0.2, -0.15) is 17.0 Å². The molecule has 0 spiro atoms. The van der Waals surface area contributed by atoms with Gasteiger partial charge in [0, 0.05) is 25.3 Å². The Hall–Kier alpha value is -2.03. The summed E-state index contributed by atoms with van der Waals surface area (Å²) in [4.78, 5) is 8.96. The topological polar surface area (TPSA) is 78.4 Å². The number of rotatable bonds is 7. The highest BCUT2D eigenvalue weighted by atomic mass is 32.2. The molecule has 7 nitrogen and oxygen atoms in total. The monoisotopic (exact) mass is 389 g/mol. The van der Waals surface area contributed by atoms with Gasteiger partial charge in [0.15, 0.2) is 0 Å². The molecule has 0 saturated carbocycles. The van der Waals surface area contributed by atoms with Crippen LogP contribution in [-0.4, -0.2) is 46.6 Å². The van der Waals surface area contributed by atoms with Crippen LogP contribution in [0, 0.1) is 6.92 Å². The highest BCUT2D eigenvalue weighted by molar-refractivity contribution is 7.86. The Bertz CT molecular complexity index is 866. The Labute approximate surface area is 161 Å². The summed E-state index contributed by atoms with van der Waals surface area (Å²) in [6, 6.07) is 9.40. The maximum absolute atomic E-state index is 12.9. The molecule has 1 unspecified atom stereocenters. The van der Waals surface area contributed by atoms with Gasteiger partial charge >= 0.3 is 0 Å². The molecule has 0 amide bonds. The van der Waals surface area contributed by atoms with Crippen molar-refractivity contribution in [3.63, 3.8) is 0 Å². The standard InChI is InChI=1S/C19H27N5O2S/c1-4-23(5-2)27(25,26)24-13-7-9-18(24)17-12-11-16(14-20-17)22-19-10-6-8-15(3)21-19/h6,8,10-12,14,18H,4-5,7,9,13H2,1-3H3,(H,21,22). The second-order valence-corrected chi connectivity index (χ2v) is 8.50. The summed E-state index contributed by atoms with van der Waals surface area (Å²) in [6.45, 7) is 7.16. The molecule has 0 bridgehead atoms. The fraction of sp³-hybridized carbons (Fsp3) is 0.474. The molecule has 3 heterocycles. The van der Waals surface area contributed by atoms with Crippen LogP contribution in [0.1, 0.15) is 44.1 Å². The van der Waals surface area contributed by atoms with Gasteiger partial charge in [0.25, 0.3) is 10.2 Å². The summed E-state index contributed by atoms with van der Waals surface area (Å²) in [7, 11) is -3.46. The predicted octanol–water partition coefficient (Wildman–Crippen LogP) is 3.25. The van der Waals surface area contributed by atoms with Gasteiger partial charge in [-0.1, -0.05) is 19.9 Å². The first-order valence-electron chi connectivity index (χ1n) is 9.39. The van der Waals surface area contributed by atoms with E-state index in [1.807, 2.05) is 51.1 Å². The van der Waals surface area contributed by atoms with Crippen molar-refractivity contribution in [2.75, 3.05) is 25.0 Å². The number of aryl methyl sites for hydroxylation is 1. The Morgan fingerprint density at radius 2 is 2.00 bits per heavy atom. The first-order valence-corrected chi connectivity index (χ1v) is 10.8. The van der Waals surface area contributed by atoms with E-state index in [4.69, 9.17) is 0 Å². The molecule has 1 aliphatic heterocycles. The van der Waals surface area contributed by atoms with E-state index in [-0.39, 0.29) is 6.04 Å². The van der Waals surface area contributed by atoms with Crippen LogP contribution in [0.15, 0.2) is 36.5 Å². The highest BCUT2D eigenvalue weighted by Crippen LogP contribution is 2.34. The molecule has 1 aliphatic rings. The van der Waals surface area contributed by atoms with E-state index < -0.39 is 10.2 Å². The minimum absolute atomic E-state index is 0.207. The summed E-state index contributed by atoms with van der Waals surface area (Å²) in [5.74, 6) is 0.760. The van der Waals surface area contributed by atoms with Gasteiger partial charge < -0.3 is 5.32 Å². The summed E-state index contributed by atoms with van der Waals surface area (Å²) in [5, 5.41) is 3.23. The molecule has 0 aliphatic carbocycles. The molecule has 1 atom stereocenters. The largest absolute Gasteiger partial charge is 0.339 e. The molecular weight excluding hydrogens is 362 g/mol. The number of hydrogen-bond acceptors (Lipinski definition) is 5. The van der Waals surface area contributed by atoms with Gasteiger partial charge in [0.2, 0.25) is 0 Å². The Morgan fingerprint density at radius 1 is 1.22 bits per heavy atom. The van der Waals surface area contributed by atoms with Gasteiger partial charge in [0.1, 0.15) is 5.82 Å². The van der Waals surface area contributed by atoms with Crippen LogP contribution in [0.5, 0.6) is 0 Å². The van der Waals surface area contributed by atoms with Gasteiger partial charge in [-0.05, 0) is 44.0 Å². The zero-order valence-electron chi connectivity index (χ0n) is 16.1. The predicted molar refractivity (Wildman–Crippen MR) is 107 cm³/mol. The van der Waals surface area contributed by atoms with E-state index in [2.05, 4.69) is 15.3 Å². The van der Waals surface area contributed by atoms with Gasteiger partial charge in [0.05, 0.1) is 23.6 Å². The molecule has 2 aromatic heterocycles. The first kappa shape index (κ1) is 19.7. The van der Waals surface area contributed by atoms with E-state index >= 15 is 0 Å².